The molecule has 1 N–H and O–H groups in total. The summed E-state index contributed by atoms with van der Waals surface area (Å²) in [7, 11) is 1.92. The molecule has 0 saturated carbocycles. The van der Waals surface area contributed by atoms with Crippen molar-refractivity contribution >= 4 is 45.6 Å². The molecule has 0 radical (unpaired) electrons. The van der Waals surface area contributed by atoms with Gasteiger partial charge in [0.25, 0.3) is 0 Å². The van der Waals surface area contributed by atoms with Crippen LogP contribution >= 0.6 is 22.9 Å². The lowest BCUT2D eigenvalue weighted by atomic mass is 10.3. The summed E-state index contributed by atoms with van der Waals surface area (Å²) in [4.78, 5) is 25.5. The molecule has 0 fully saturated rings. The van der Waals surface area contributed by atoms with Gasteiger partial charge in [0, 0.05) is 29.8 Å². The number of thiophene rings is 1. The third kappa shape index (κ3) is 5.60. The molecule has 0 bridgehead atoms. The van der Waals surface area contributed by atoms with Crippen LogP contribution in [0.1, 0.15) is 11.8 Å². The van der Waals surface area contributed by atoms with E-state index in [1.165, 1.54) is 16.2 Å². The van der Waals surface area contributed by atoms with E-state index in [0.717, 1.165) is 4.88 Å². The van der Waals surface area contributed by atoms with Crippen LogP contribution in [0.3, 0.4) is 0 Å². The topological polar surface area (TPSA) is 66.5 Å². The summed E-state index contributed by atoms with van der Waals surface area (Å²) < 4.78 is 12.5. The molecule has 1 heterocycles. The smallest absolute Gasteiger partial charge is 0.244 e. The fourth-order valence-corrected chi connectivity index (χ4v) is 3.92. The molecule has 2 amide bonds. The van der Waals surface area contributed by atoms with Gasteiger partial charge in [-0.05, 0) is 19.1 Å². The summed E-state index contributed by atoms with van der Waals surface area (Å²) in [6, 6.07) is 2.91. The highest BCUT2D eigenvalue weighted by Gasteiger charge is 2.18. The zero-order chi connectivity index (χ0) is 15.3. The van der Waals surface area contributed by atoms with Gasteiger partial charge in [0.2, 0.25) is 11.8 Å². The Morgan fingerprint density at radius 1 is 1.45 bits per heavy atom. The van der Waals surface area contributed by atoms with Crippen molar-refractivity contribution in [3.05, 3.63) is 21.3 Å². The lowest BCUT2D eigenvalue weighted by Crippen LogP contribution is -2.45. The van der Waals surface area contributed by atoms with E-state index < -0.39 is 22.7 Å². The van der Waals surface area contributed by atoms with Crippen molar-refractivity contribution in [1.82, 2.24) is 10.2 Å². The molecule has 0 aliphatic rings. The fraction of sp³-hybridized carbons (Fsp3) is 0.500. The van der Waals surface area contributed by atoms with Crippen LogP contribution in [0.15, 0.2) is 12.1 Å². The first-order chi connectivity index (χ1) is 9.29. The molecule has 20 heavy (non-hydrogen) atoms. The summed E-state index contributed by atoms with van der Waals surface area (Å²) in [6.45, 7) is 1.60. The first-order valence-electron chi connectivity index (χ1n) is 5.89. The second-order valence-corrected chi connectivity index (χ2v) is 7.71. The lowest BCUT2D eigenvalue weighted by molar-refractivity contribution is -0.133. The van der Waals surface area contributed by atoms with Gasteiger partial charge in [0.15, 0.2) is 0 Å². The highest BCUT2D eigenvalue weighted by atomic mass is 35.5. The van der Waals surface area contributed by atoms with Gasteiger partial charge in [-0.15, -0.1) is 11.3 Å². The Balaban J connectivity index is 2.42. The summed E-state index contributed by atoms with van der Waals surface area (Å²) in [5.74, 6) is -0.427. The number of rotatable bonds is 6. The van der Waals surface area contributed by atoms with Crippen LogP contribution < -0.4 is 5.32 Å². The number of carbonyl (C=O) groups excluding carboxylic acids is 2. The number of nitrogens with one attached hydrogen (secondary N) is 1. The number of likely N-dealkylation sites (N-methyl/N-ethyl adjacent to an activating group) is 1. The van der Waals surface area contributed by atoms with Gasteiger partial charge >= 0.3 is 0 Å². The van der Waals surface area contributed by atoms with Gasteiger partial charge in [-0.2, -0.15) is 0 Å². The fourth-order valence-electron chi connectivity index (χ4n) is 1.52. The molecule has 0 aliphatic heterocycles. The number of hydrogen-bond donors (Lipinski definition) is 1. The van der Waals surface area contributed by atoms with Crippen LogP contribution in [0, 0.1) is 0 Å². The van der Waals surface area contributed by atoms with Crippen molar-refractivity contribution < 1.29 is 13.8 Å². The van der Waals surface area contributed by atoms with Crippen molar-refractivity contribution in [3.63, 3.8) is 0 Å². The number of carbonyl (C=O) groups is 2. The van der Waals surface area contributed by atoms with Gasteiger partial charge in [-0.25, -0.2) is 0 Å². The van der Waals surface area contributed by atoms with E-state index in [1.54, 1.807) is 33.2 Å². The minimum atomic E-state index is -1.31. The minimum Gasteiger partial charge on any atom is -0.347 e. The van der Waals surface area contributed by atoms with E-state index in [-0.39, 0.29) is 11.7 Å². The zero-order valence-electron chi connectivity index (χ0n) is 11.5. The van der Waals surface area contributed by atoms with Gasteiger partial charge in [-0.1, -0.05) is 11.6 Å². The predicted octanol–water partition coefficient (Wildman–Crippen LogP) is 1.24. The standard InChI is InChI=1S/C12H17ClN2O3S2/c1-8(12(17)15(2)3)14-11(16)7-20(18)6-9-4-5-10(13)19-9/h4-5,8H,6-7H2,1-3H3,(H,14,16). The molecule has 8 heteroatoms. The Morgan fingerprint density at radius 3 is 2.60 bits per heavy atom. The van der Waals surface area contributed by atoms with E-state index in [0.29, 0.717) is 10.1 Å². The van der Waals surface area contributed by atoms with Crippen LogP contribution in [0.25, 0.3) is 0 Å². The zero-order valence-corrected chi connectivity index (χ0v) is 13.9. The summed E-state index contributed by atoms with van der Waals surface area (Å²) in [6.07, 6.45) is 0. The normalized spacial score (nSPS) is 13.6. The van der Waals surface area contributed by atoms with Crippen LogP contribution in [0.4, 0.5) is 0 Å². The molecule has 2 unspecified atom stereocenters. The maximum atomic E-state index is 11.8. The molecule has 0 aliphatic carbocycles. The number of amides is 2. The molecule has 112 valence electrons. The average Bonchev–Trinajstić information content (AvgIpc) is 2.72. The number of nitrogens with zero attached hydrogens (tertiary/aromatic N) is 1. The van der Waals surface area contributed by atoms with Gasteiger partial charge < -0.3 is 10.2 Å². The first-order valence-corrected chi connectivity index (χ1v) is 8.57. The van der Waals surface area contributed by atoms with E-state index in [4.69, 9.17) is 11.6 Å². The number of halogens is 1. The maximum Gasteiger partial charge on any atom is 0.244 e. The summed E-state index contributed by atoms with van der Waals surface area (Å²) >= 11 is 7.13. The molecular formula is C12H17ClN2O3S2. The quantitative estimate of drug-likeness (QED) is 0.850. The maximum absolute atomic E-state index is 11.8. The molecule has 5 nitrogen and oxygen atoms in total. The molecule has 0 saturated heterocycles. The third-order valence-corrected chi connectivity index (χ3v) is 5.04. The van der Waals surface area contributed by atoms with E-state index in [9.17, 15) is 13.8 Å². The van der Waals surface area contributed by atoms with Crippen molar-refractivity contribution in [2.45, 2.75) is 18.7 Å². The Labute approximate surface area is 129 Å². The molecule has 0 aromatic carbocycles. The highest BCUT2D eigenvalue weighted by molar-refractivity contribution is 7.85. The summed E-state index contributed by atoms with van der Waals surface area (Å²) in [5, 5.41) is 2.54. The average molecular weight is 337 g/mol. The predicted molar refractivity (Wildman–Crippen MR) is 82.3 cm³/mol. The Kier molecular flexibility index (Phi) is 6.64. The second-order valence-electron chi connectivity index (χ2n) is 4.46. The van der Waals surface area contributed by atoms with Crippen molar-refractivity contribution in [2.24, 2.45) is 0 Å². The minimum absolute atomic E-state index is 0.124. The Hall–Kier alpha value is -0.920. The van der Waals surface area contributed by atoms with Gasteiger partial charge in [0.05, 0.1) is 10.1 Å². The lowest BCUT2D eigenvalue weighted by Gasteiger charge is -2.17. The summed E-state index contributed by atoms with van der Waals surface area (Å²) in [5.41, 5.74) is 0. The monoisotopic (exact) mass is 336 g/mol. The van der Waals surface area contributed by atoms with E-state index in [2.05, 4.69) is 5.32 Å². The van der Waals surface area contributed by atoms with Crippen molar-refractivity contribution in [3.8, 4) is 0 Å². The van der Waals surface area contributed by atoms with Crippen LogP contribution in [0.5, 0.6) is 0 Å². The molecule has 1 aromatic heterocycles. The van der Waals surface area contributed by atoms with E-state index in [1.807, 2.05) is 0 Å². The Bertz CT molecular complexity index is 517. The molecule has 1 aromatic rings. The van der Waals surface area contributed by atoms with Crippen LogP contribution in [-0.2, 0) is 26.1 Å². The molecule has 1 rings (SSSR count). The molecular weight excluding hydrogens is 320 g/mol. The van der Waals surface area contributed by atoms with Crippen molar-refractivity contribution in [1.29, 1.82) is 0 Å². The van der Waals surface area contributed by atoms with E-state index >= 15 is 0 Å². The molecule has 2 atom stereocenters. The Morgan fingerprint density at radius 2 is 2.10 bits per heavy atom. The molecule has 0 spiro atoms. The van der Waals surface area contributed by atoms with Crippen LogP contribution in [-0.4, -0.2) is 46.8 Å². The third-order valence-electron chi connectivity index (χ3n) is 2.41. The van der Waals surface area contributed by atoms with Gasteiger partial charge in [0.1, 0.15) is 11.8 Å². The SMILES string of the molecule is CC(NC(=O)CS(=O)Cc1ccc(Cl)s1)C(=O)N(C)C. The second kappa shape index (κ2) is 7.75. The number of hydrogen-bond acceptors (Lipinski definition) is 4. The first kappa shape index (κ1) is 17.1. The highest BCUT2D eigenvalue weighted by Crippen LogP contribution is 2.22. The largest absolute Gasteiger partial charge is 0.347 e. The van der Waals surface area contributed by atoms with Gasteiger partial charge in [-0.3, -0.25) is 13.8 Å². The van der Waals surface area contributed by atoms with Crippen molar-refractivity contribution in [2.75, 3.05) is 19.8 Å². The van der Waals surface area contributed by atoms with Crippen LogP contribution in [0.2, 0.25) is 4.34 Å².